The fraction of sp³-hybridized carbons (Fsp3) is 0.421. The van der Waals surface area contributed by atoms with Gasteiger partial charge < -0.3 is 49.5 Å². The van der Waals surface area contributed by atoms with E-state index in [1.807, 2.05) is 33.9 Å². The van der Waals surface area contributed by atoms with Gasteiger partial charge in [-0.1, -0.05) is 32.9 Å². The first kappa shape index (κ1) is 44.3. The van der Waals surface area contributed by atoms with Crippen molar-refractivity contribution >= 4 is 53.8 Å². The number of phenolic OH excluding ortho intramolecular Hbond substituents is 1. The lowest BCUT2D eigenvalue weighted by molar-refractivity contribution is -0.385. The number of nitro benzene ring substituents is 1. The van der Waals surface area contributed by atoms with Crippen LogP contribution in [0.5, 0.6) is 28.7 Å². The van der Waals surface area contributed by atoms with Gasteiger partial charge in [-0.3, -0.25) is 19.7 Å². The number of nitrogens with one attached hydrogen (secondary N) is 3. The molecule has 3 aromatic rings. The van der Waals surface area contributed by atoms with E-state index in [-0.39, 0.29) is 33.9 Å². The van der Waals surface area contributed by atoms with Crippen molar-refractivity contribution in [3.05, 3.63) is 79.8 Å². The van der Waals surface area contributed by atoms with Crippen LogP contribution in [-0.2, 0) is 23.5 Å². The summed E-state index contributed by atoms with van der Waals surface area (Å²) in [5, 5.41) is 41.6. The van der Waals surface area contributed by atoms with E-state index in [4.69, 9.17) is 23.4 Å². The molecular formula is C38H47BrN4O13Si. The van der Waals surface area contributed by atoms with Gasteiger partial charge in [0.25, 0.3) is 0 Å². The summed E-state index contributed by atoms with van der Waals surface area (Å²) in [6.45, 7) is 14.2. The summed E-state index contributed by atoms with van der Waals surface area (Å²) in [4.78, 5) is 67.3. The second-order valence-electron chi connectivity index (χ2n) is 15.7. The third-order valence-electron chi connectivity index (χ3n) is 9.40. The van der Waals surface area contributed by atoms with Crippen molar-refractivity contribution in [1.82, 2.24) is 16.0 Å². The Balaban J connectivity index is 2.07. The number of aliphatic carboxylic acids is 1. The summed E-state index contributed by atoms with van der Waals surface area (Å²) in [5.74, 6) is -4.73. The normalized spacial score (nSPS) is 19.1. The predicted molar refractivity (Wildman–Crippen MR) is 212 cm³/mol. The van der Waals surface area contributed by atoms with Crippen LogP contribution in [0.3, 0.4) is 0 Å². The molecule has 2 aliphatic heterocycles. The van der Waals surface area contributed by atoms with E-state index in [9.17, 15) is 39.5 Å². The number of carboxylic acid groups (broad SMARTS) is 1. The number of carboxylic acids is 1. The Labute approximate surface area is 338 Å². The van der Waals surface area contributed by atoms with Gasteiger partial charge in [-0.2, -0.15) is 0 Å². The van der Waals surface area contributed by atoms with Gasteiger partial charge in [-0.05, 0) is 102 Å². The number of fused-ring (bicyclic) bond motifs is 9. The first-order valence-corrected chi connectivity index (χ1v) is 21.3. The number of benzene rings is 3. The molecule has 2 heterocycles. The van der Waals surface area contributed by atoms with E-state index in [1.165, 1.54) is 50.6 Å². The fourth-order valence-electron chi connectivity index (χ4n) is 5.55. The predicted octanol–water partition coefficient (Wildman–Crippen LogP) is 6.94. The SMILES string of the molecule is COc1ccc([C@H]2NC(=O)[C@H](NC(=O)OC(C)(C)C)c3cc(O)c(OC)c(c3)Oc3ccc(cc3[N+](=O)[O-])[C@@H](O[Si](C)(C)C(C)(C)C)[C@@H](C(=O)O)NC2=O)cc1Br. The Morgan fingerprint density at radius 3 is 2.11 bits per heavy atom. The molecule has 0 saturated carbocycles. The van der Waals surface area contributed by atoms with Crippen LogP contribution in [0.4, 0.5) is 10.5 Å². The number of amides is 3. The average Bonchev–Trinajstić information content (AvgIpc) is 3.09. The lowest BCUT2D eigenvalue weighted by atomic mass is 9.98. The first-order valence-electron chi connectivity index (χ1n) is 17.6. The summed E-state index contributed by atoms with van der Waals surface area (Å²) in [7, 11) is -0.289. The lowest BCUT2D eigenvalue weighted by Gasteiger charge is -2.41. The number of rotatable bonds is 8. The Bertz CT molecular complexity index is 2070. The third kappa shape index (κ3) is 10.3. The maximum atomic E-state index is 14.5. The number of carbonyl (C=O) groups is 4. The molecule has 3 amide bonds. The van der Waals surface area contributed by atoms with Crippen molar-refractivity contribution in [3.8, 4) is 28.7 Å². The molecule has 4 bridgehead atoms. The molecule has 4 atom stereocenters. The average molecular weight is 876 g/mol. The summed E-state index contributed by atoms with van der Waals surface area (Å²) in [6, 6.07) is 5.19. The molecule has 19 heteroatoms. The molecule has 0 aliphatic carbocycles. The maximum Gasteiger partial charge on any atom is 0.408 e. The Kier molecular flexibility index (Phi) is 13.2. The third-order valence-corrected chi connectivity index (χ3v) is 14.5. The van der Waals surface area contributed by atoms with Gasteiger partial charge in [0.2, 0.25) is 23.3 Å². The van der Waals surface area contributed by atoms with Crippen LogP contribution in [0, 0.1) is 10.1 Å². The van der Waals surface area contributed by atoms with Crippen molar-refractivity contribution in [2.24, 2.45) is 0 Å². The van der Waals surface area contributed by atoms with Crippen molar-refractivity contribution in [2.45, 2.75) is 89.5 Å². The number of nitro groups is 1. The summed E-state index contributed by atoms with van der Waals surface area (Å²) in [6.07, 6.45) is -2.57. The number of methoxy groups -OCH3 is 2. The fourth-order valence-corrected chi connectivity index (χ4v) is 7.37. The maximum absolute atomic E-state index is 14.5. The van der Waals surface area contributed by atoms with Crippen LogP contribution in [0.15, 0.2) is 53.0 Å². The van der Waals surface area contributed by atoms with E-state index < -0.39 is 83.4 Å². The summed E-state index contributed by atoms with van der Waals surface area (Å²) in [5.41, 5.74) is -1.60. The number of phenols is 1. The Morgan fingerprint density at radius 2 is 1.56 bits per heavy atom. The zero-order valence-electron chi connectivity index (χ0n) is 33.1. The summed E-state index contributed by atoms with van der Waals surface area (Å²) >= 11 is 3.39. The number of hydrogen-bond acceptors (Lipinski definition) is 12. The smallest absolute Gasteiger partial charge is 0.408 e. The minimum absolute atomic E-state index is 0.0247. The molecule has 5 rings (SSSR count). The Morgan fingerprint density at radius 1 is 0.912 bits per heavy atom. The summed E-state index contributed by atoms with van der Waals surface area (Å²) < 4.78 is 29.2. The minimum Gasteiger partial charge on any atom is -0.504 e. The molecule has 0 fully saturated rings. The van der Waals surface area contributed by atoms with Gasteiger partial charge >= 0.3 is 17.7 Å². The number of carbonyl (C=O) groups excluding carboxylic acids is 3. The largest absolute Gasteiger partial charge is 0.504 e. The van der Waals surface area contributed by atoms with E-state index in [0.717, 1.165) is 12.1 Å². The molecule has 0 radical (unpaired) electrons. The van der Waals surface area contributed by atoms with E-state index in [1.54, 1.807) is 20.8 Å². The number of halogens is 1. The van der Waals surface area contributed by atoms with Crippen LogP contribution in [0.2, 0.25) is 18.1 Å². The minimum atomic E-state index is -2.92. The molecule has 2 aliphatic rings. The van der Waals surface area contributed by atoms with Crippen LogP contribution >= 0.6 is 15.9 Å². The molecule has 17 nitrogen and oxygen atoms in total. The van der Waals surface area contributed by atoms with Crippen LogP contribution in [0.1, 0.15) is 76.4 Å². The van der Waals surface area contributed by atoms with Gasteiger partial charge in [0, 0.05) is 6.07 Å². The quantitative estimate of drug-likeness (QED) is 0.0878. The zero-order valence-corrected chi connectivity index (χ0v) is 35.7. The van der Waals surface area contributed by atoms with Crippen LogP contribution in [0.25, 0.3) is 0 Å². The molecule has 0 spiro atoms. The van der Waals surface area contributed by atoms with Gasteiger partial charge in [0.15, 0.2) is 25.9 Å². The van der Waals surface area contributed by atoms with E-state index in [0.29, 0.717) is 10.2 Å². The number of hydrogen-bond donors (Lipinski definition) is 5. The van der Waals surface area contributed by atoms with Crippen molar-refractivity contribution in [1.29, 1.82) is 0 Å². The van der Waals surface area contributed by atoms with E-state index >= 15 is 0 Å². The number of aromatic hydroxyl groups is 1. The van der Waals surface area contributed by atoms with Crippen molar-refractivity contribution in [2.75, 3.05) is 14.2 Å². The molecule has 308 valence electrons. The number of ether oxygens (including phenoxy) is 4. The highest BCUT2D eigenvalue weighted by atomic mass is 79.9. The standard InChI is InChI=1S/C38H47BrN4O13Si/c1-37(2,3)55-36(49)42-29-21-17-24(44)32(53-8)27(18-21)54-26-14-12-20(16-23(26)43(50)51)31(56-57(9,10)38(4,5)6)30(35(47)48)41-33(45)28(40-34(29)46)19-11-13-25(52-7)22(39)15-19/h11-18,28-31,44H,1-10H3,(H,40,46)(H,41,45)(H,42,49)(H,47,48)/t28-,29-,30+,31-/m1/s1. The molecular weight excluding hydrogens is 828 g/mol. The monoisotopic (exact) mass is 874 g/mol. The number of nitrogens with zero attached hydrogens (tertiary/aromatic N) is 1. The topological polar surface area (TPSA) is 234 Å². The Hall–Kier alpha value is -5.40. The molecule has 3 aromatic carbocycles. The van der Waals surface area contributed by atoms with E-state index in [2.05, 4.69) is 31.9 Å². The highest BCUT2D eigenvalue weighted by Crippen LogP contribution is 2.46. The molecule has 57 heavy (non-hydrogen) atoms. The second kappa shape index (κ2) is 17.0. The van der Waals surface area contributed by atoms with Gasteiger partial charge in [0.1, 0.15) is 29.5 Å². The molecule has 5 N–H and O–H groups in total. The van der Waals surface area contributed by atoms with Crippen molar-refractivity contribution in [3.63, 3.8) is 0 Å². The lowest BCUT2D eigenvalue weighted by Crippen LogP contribution is -2.54. The zero-order chi connectivity index (χ0) is 42.8. The second-order valence-corrected chi connectivity index (χ2v) is 21.3. The van der Waals surface area contributed by atoms with Crippen molar-refractivity contribution < 1.29 is 57.7 Å². The van der Waals surface area contributed by atoms with Crippen LogP contribution in [-0.4, -0.2) is 73.2 Å². The first-order chi connectivity index (χ1) is 26.4. The highest BCUT2D eigenvalue weighted by Gasteiger charge is 2.45. The van der Waals surface area contributed by atoms with Crippen LogP contribution < -0.4 is 30.2 Å². The van der Waals surface area contributed by atoms with Gasteiger partial charge in [0.05, 0.1) is 23.6 Å². The molecule has 0 aromatic heterocycles. The van der Waals surface area contributed by atoms with Gasteiger partial charge in [-0.15, -0.1) is 0 Å². The highest BCUT2D eigenvalue weighted by molar-refractivity contribution is 9.10. The number of alkyl carbamates (subject to hydrolysis) is 1. The molecule has 0 saturated heterocycles. The molecule has 0 unspecified atom stereocenters. The van der Waals surface area contributed by atoms with Gasteiger partial charge in [-0.25, -0.2) is 9.59 Å².